The third-order valence-corrected chi connectivity index (χ3v) is 2.71. The number of piperazine rings is 1. The highest BCUT2D eigenvalue weighted by atomic mass is 16.2. The highest BCUT2D eigenvalue weighted by Crippen LogP contribution is 2.09. The third kappa shape index (κ3) is 2.82. The van der Waals surface area contributed by atoms with Gasteiger partial charge in [-0.25, -0.2) is 0 Å². The molecule has 1 aliphatic rings. The average molecular weight is 237 g/mol. The standard InChI is InChI=1S/C10H15N5O2/c1-6(7-2-13-14-3-7)15-10(17)8-4-12-9(16)5-11-8/h2-3,6,8,11H,4-5H2,1H3,(H,12,16)(H,13,14)(H,15,17). The van der Waals surface area contributed by atoms with Gasteiger partial charge in [0.1, 0.15) is 6.04 Å². The van der Waals surface area contributed by atoms with Crippen LogP contribution in [0.2, 0.25) is 0 Å². The Labute approximate surface area is 98.4 Å². The summed E-state index contributed by atoms with van der Waals surface area (Å²) >= 11 is 0. The van der Waals surface area contributed by atoms with Gasteiger partial charge < -0.3 is 10.6 Å². The molecule has 0 saturated carbocycles. The topological polar surface area (TPSA) is 98.9 Å². The summed E-state index contributed by atoms with van der Waals surface area (Å²) in [5.41, 5.74) is 0.915. The SMILES string of the molecule is CC(NC(=O)C1CNC(=O)CN1)c1cn[nH]c1. The molecule has 0 spiro atoms. The second-order valence-electron chi connectivity index (χ2n) is 4.00. The van der Waals surface area contributed by atoms with Gasteiger partial charge in [-0.2, -0.15) is 5.10 Å². The molecule has 2 atom stereocenters. The van der Waals surface area contributed by atoms with Crippen LogP contribution in [0.4, 0.5) is 0 Å². The Kier molecular flexibility index (Phi) is 3.38. The summed E-state index contributed by atoms with van der Waals surface area (Å²) in [6.07, 6.45) is 3.40. The lowest BCUT2D eigenvalue weighted by molar-refractivity contribution is -0.127. The van der Waals surface area contributed by atoms with Crippen molar-refractivity contribution in [3.8, 4) is 0 Å². The summed E-state index contributed by atoms with van der Waals surface area (Å²) in [5.74, 6) is -0.212. The van der Waals surface area contributed by atoms with Crippen LogP contribution in [0.5, 0.6) is 0 Å². The first-order valence-corrected chi connectivity index (χ1v) is 5.46. The van der Waals surface area contributed by atoms with Crippen LogP contribution in [0.3, 0.4) is 0 Å². The molecule has 0 aromatic carbocycles. The highest BCUT2D eigenvalue weighted by molar-refractivity contribution is 5.86. The Balaban J connectivity index is 1.86. The summed E-state index contributed by atoms with van der Waals surface area (Å²) in [6.45, 7) is 2.38. The van der Waals surface area contributed by atoms with Crippen molar-refractivity contribution in [2.24, 2.45) is 0 Å². The molecule has 92 valence electrons. The minimum Gasteiger partial charge on any atom is -0.353 e. The van der Waals surface area contributed by atoms with Gasteiger partial charge in [0.05, 0.1) is 18.8 Å². The Bertz CT molecular complexity index is 393. The summed E-state index contributed by atoms with van der Waals surface area (Å²) in [7, 11) is 0. The normalized spacial score (nSPS) is 21.7. The number of amides is 2. The molecule has 0 aliphatic carbocycles. The van der Waals surface area contributed by atoms with Crippen molar-refractivity contribution in [2.45, 2.75) is 19.0 Å². The van der Waals surface area contributed by atoms with E-state index >= 15 is 0 Å². The van der Waals surface area contributed by atoms with Crippen LogP contribution in [0.1, 0.15) is 18.5 Å². The Morgan fingerprint density at radius 3 is 3.06 bits per heavy atom. The van der Waals surface area contributed by atoms with Crippen molar-refractivity contribution in [2.75, 3.05) is 13.1 Å². The number of hydrogen-bond acceptors (Lipinski definition) is 4. The van der Waals surface area contributed by atoms with Crippen molar-refractivity contribution in [1.29, 1.82) is 0 Å². The van der Waals surface area contributed by atoms with E-state index in [-0.39, 0.29) is 30.4 Å². The molecule has 17 heavy (non-hydrogen) atoms. The molecule has 4 N–H and O–H groups in total. The van der Waals surface area contributed by atoms with Gasteiger partial charge in [0.25, 0.3) is 0 Å². The van der Waals surface area contributed by atoms with Gasteiger partial charge in [-0.3, -0.25) is 20.0 Å². The van der Waals surface area contributed by atoms with Crippen molar-refractivity contribution < 1.29 is 9.59 Å². The molecule has 0 bridgehead atoms. The van der Waals surface area contributed by atoms with Crippen LogP contribution in [0.25, 0.3) is 0 Å². The van der Waals surface area contributed by atoms with E-state index < -0.39 is 0 Å². The Morgan fingerprint density at radius 1 is 1.65 bits per heavy atom. The van der Waals surface area contributed by atoms with Crippen molar-refractivity contribution in [1.82, 2.24) is 26.1 Å². The molecule has 0 radical (unpaired) electrons. The molecular weight excluding hydrogens is 222 g/mol. The molecule has 1 aromatic rings. The molecule has 2 unspecified atom stereocenters. The van der Waals surface area contributed by atoms with Crippen LogP contribution in [0, 0.1) is 0 Å². The van der Waals surface area contributed by atoms with Crippen molar-refractivity contribution in [3.63, 3.8) is 0 Å². The van der Waals surface area contributed by atoms with E-state index in [9.17, 15) is 9.59 Å². The van der Waals surface area contributed by atoms with Gasteiger partial charge in [-0.05, 0) is 6.92 Å². The van der Waals surface area contributed by atoms with Gasteiger partial charge in [0.15, 0.2) is 0 Å². The van der Waals surface area contributed by atoms with Crippen molar-refractivity contribution >= 4 is 11.8 Å². The molecule has 1 aromatic heterocycles. The smallest absolute Gasteiger partial charge is 0.239 e. The maximum absolute atomic E-state index is 11.9. The number of carbonyl (C=O) groups excluding carboxylic acids is 2. The predicted octanol–water partition coefficient (Wildman–Crippen LogP) is -1.33. The number of rotatable bonds is 3. The lowest BCUT2D eigenvalue weighted by atomic mass is 10.1. The summed E-state index contributed by atoms with van der Waals surface area (Å²) in [5, 5.41) is 14.9. The van der Waals surface area contributed by atoms with Gasteiger partial charge in [0, 0.05) is 18.3 Å². The second-order valence-corrected chi connectivity index (χ2v) is 4.00. The Morgan fingerprint density at radius 2 is 2.47 bits per heavy atom. The minimum atomic E-state index is -0.373. The average Bonchev–Trinajstić information content (AvgIpc) is 2.83. The van der Waals surface area contributed by atoms with Gasteiger partial charge in [0.2, 0.25) is 11.8 Å². The molecule has 2 amide bonds. The first-order valence-electron chi connectivity index (χ1n) is 5.46. The number of nitrogens with zero attached hydrogens (tertiary/aromatic N) is 1. The number of aromatic amines is 1. The van der Waals surface area contributed by atoms with Crippen LogP contribution >= 0.6 is 0 Å². The lowest BCUT2D eigenvalue weighted by Gasteiger charge is -2.24. The summed E-state index contributed by atoms with van der Waals surface area (Å²) in [6, 6.07) is -0.484. The number of nitrogens with one attached hydrogen (secondary N) is 4. The zero-order chi connectivity index (χ0) is 12.3. The van der Waals surface area contributed by atoms with E-state index in [1.54, 1.807) is 12.4 Å². The van der Waals surface area contributed by atoms with Crippen LogP contribution in [-0.2, 0) is 9.59 Å². The van der Waals surface area contributed by atoms with E-state index in [2.05, 4.69) is 26.1 Å². The van der Waals surface area contributed by atoms with Crippen molar-refractivity contribution in [3.05, 3.63) is 18.0 Å². The first kappa shape index (κ1) is 11.6. The van der Waals surface area contributed by atoms with E-state index in [0.29, 0.717) is 6.54 Å². The quantitative estimate of drug-likeness (QED) is 0.523. The zero-order valence-electron chi connectivity index (χ0n) is 9.49. The first-order chi connectivity index (χ1) is 8.16. The largest absolute Gasteiger partial charge is 0.353 e. The maximum Gasteiger partial charge on any atom is 0.239 e. The number of carbonyl (C=O) groups is 2. The molecule has 2 rings (SSSR count). The highest BCUT2D eigenvalue weighted by Gasteiger charge is 2.24. The van der Waals surface area contributed by atoms with E-state index in [1.807, 2.05) is 6.92 Å². The number of aromatic nitrogens is 2. The van der Waals surface area contributed by atoms with Crippen LogP contribution in [0.15, 0.2) is 12.4 Å². The fraction of sp³-hybridized carbons (Fsp3) is 0.500. The molecule has 7 heteroatoms. The van der Waals surface area contributed by atoms with E-state index in [0.717, 1.165) is 5.56 Å². The second kappa shape index (κ2) is 4.96. The molecule has 1 saturated heterocycles. The van der Waals surface area contributed by atoms with E-state index in [4.69, 9.17) is 0 Å². The van der Waals surface area contributed by atoms with Gasteiger partial charge in [-0.15, -0.1) is 0 Å². The monoisotopic (exact) mass is 237 g/mol. The fourth-order valence-electron chi connectivity index (χ4n) is 1.65. The summed E-state index contributed by atoms with van der Waals surface area (Å²) in [4.78, 5) is 22.8. The maximum atomic E-state index is 11.9. The number of H-pyrrole nitrogens is 1. The molecule has 2 heterocycles. The Hall–Kier alpha value is -1.89. The zero-order valence-corrected chi connectivity index (χ0v) is 9.49. The predicted molar refractivity (Wildman–Crippen MR) is 59.9 cm³/mol. The number of hydrogen-bond donors (Lipinski definition) is 4. The van der Waals surface area contributed by atoms with Gasteiger partial charge >= 0.3 is 0 Å². The fourth-order valence-corrected chi connectivity index (χ4v) is 1.65. The van der Waals surface area contributed by atoms with E-state index in [1.165, 1.54) is 0 Å². The molecular formula is C10H15N5O2. The third-order valence-electron chi connectivity index (χ3n) is 2.71. The minimum absolute atomic E-state index is 0.0862. The molecule has 1 aliphatic heterocycles. The molecule has 1 fully saturated rings. The lowest BCUT2D eigenvalue weighted by Crippen LogP contribution is -2.58. The van der Waals surface area contributed by atoms with Crippen LogP contribution in [-0.4, -0.2) is 41.1 Å². The summed E-state index contributed by atoms with van der Waals surface area (Å²) < 4.78 is 0. The molecule has 7 nitrogen and oxygen atoms in total. The van der Waals surface area contributed by atoms with Gasteiger partial charge in [-0.1, -0.05) is 0 Å². The van der Waals surface area contributed by atoms with Crippen LogP contribution < -0.4 is 16.0 Å².